The average Bonchev–Trinajstić information content (AvgIpc) is 2.70. The Labute approximate surface area is 109 Å². The number of carbonyl (C=O) groups excluding carboxylic acids is 1. The number of hydrogen-bond acceptors (Lipinski definition) is 1. The second kappa shape index (κ2) is 5.65. The second-order valence-corrected chi connectivity index (χ2v) is 5.26. The zero-order valence-corrected chi connectivity index (χ0v) is 10.5. The minimum absolute atomic E-state index is 0.00733. The summed E-state index contributed by atoms with van der Waals surface area (Å²) in [7, 11) is 0. The number of nitrogens with one attached hydrogen (secondary N) is 1. The lowest BCUT2D eigenvalue weighted by atomic mass is 10.1. The summed E-state index contributed by atoms with van der Waals surface area (Å²) >= 11 is 5.97. The first-order chi connectivity index (χ1) is 8.54. The molecule has 1 N–H and O–H groups in total. The zero-order chi connectivity index (χ0) is 13.1. The van der Waals surface area contributed by atoms with Gasteiger partial charge >= 0.3 is 0 Å². The van der Waals surface area contributed by atoms with Gasteiger partial charge in [-0.25, -0.2) is 8.78 Å². The summed E-state index contributed by atoms with van der Waals surface area (Å²) in [5.41, 5.74) is 0.00733. The van der Waals surface area contributed by atoms with E-state index in [9.17, 15) is 13.6 Å². The van der Waals surface area contributed by atoms with Gasteiger partial charge in [0.05, 0.1) is 0 Å². The molecule has 0 radical (unpaired) electrons. The summed E-state index contributed by atoms with van der Waals surface area (Å²) in [6.07, 6.45) is 2.81. The van der Waals surface area contributed by atoms with E-state index in [0.717, 1.165) is 37.5 Å². The van der Waals surface area contributed by atoms with E-state index in [1.807, 2.05) is 0 Å². The minimum atomic E-state index is -0.748. The van der Waals surface area contributed by atoms with Crippen molar-refractivity contribution in [2.24, 2.45) is 5.92 Å². The molecule has 0 saturated heterocycles. The molecule has 2 atom stereocenters. The Bertz CT molecular complexity index is 432. The molecule has 2 rings (SSSR count). The van der Waals surface area contributed by atoms with Gasteiger partial charge in [0.2, 0.25) is 0 Å². The normalized spacial score (nSPS) is 23.1. The van der Waals surface area contributed by atoms with E-state index < -0.39 is 17.5 Å². The maximum absolute atomic E-state index is 12.9. The van der Waals surface area contributed by atoms with Gasteiger partial charge in [-0.1, -0.05) is 0 Å². The topological polar surface area (TPSA) is 29.1 Å². The molecule has 1 aromatic carbocycles. The first-order valence-corrected chi connectivity index (χ1v) is 6.36. The van der Waals surface area contributed by atoms with E-state index in [1.165, 1.54) is 0 Å². The summed E-state index contributed by atoms with van der Waals surface area (Å²) < 4.78 is 25.9. The van der Waals surface area contributed by atoms with Crippen molar-refractivity contribution in [3.05, 3.63) is 35.4 Å². The Morgan fingerprint density at radius 1 is 1.28 bits per heavy atom. The standard InChI is InChI=1S/C13H14ClF2NO/c14-10-2-1-8(3-10)7-17-13(18)9-4-11(15)6-12(16)5-9/h4-6,8,10H,1-3,7H2,(H,17,18). The van der Waals surface area contributed by atoms with Gasteiger partial charge in [0, 0.05) is 23.6 Å². The van der Waals surface area contributed by atoms with Crippen LogP contribution in [0.4, 0.5) is 8.78 Å². The molecule has 0 aliphatic heterocycles. The quantitative estimate of drug-likeness (QED) is 0.843. The highest BCUT2D eigenvalue weighted by Crippen LogP contribution is 2.28. The average molecular weight is 274 g/mol. The molecule has 0 spiro atoms. The molecule has 1 fully saturated rings. The number of alkyl halides is 1. The Kier molecular flexibility index (Phi) is 4.17. The number of hydrogen-bond donors (Lipinski definition) is 1. The van der Waals surface area contributed by atoms with Crippen LogP contribution in [0.5, 0.6) is 0 Å². The predicted molar refractivity (Wildman–Crippen MR) is 65.7 cm³/mol. The fourth-order valence-electron chi connectivity index (χ4n) is 2.22. The van der Waals surface area contributed by atoms with Crippen LogP contribution in [0, 0.1) is 17.6 Å². The Morgan fingerprint density at radius 2 is 1.94 bits per heavy atom. The van der Waals surface area contributed by atoms with E-state index in [-0.39, 0.29) is 10.9 Å². The highest BCUT2D eigenvalue weighted by molar-refractivity contribution is 6.20. The van der Waals surface area contributed by atoms with Crippen LogP contribution < -0.4 is 5.32 Å². The van der Waals surface area contributed by atoms with Crippen molar-refractivity contribution in [3.63, 3.8) is 0 Å². The molecule has 2 nitrogen and oxygen atoms in total. The lowest BCUT2D eigenvalue weighted by molar-refractivity contribution is 0.0946. The molecular formula is C13H14ClF2NO. The third-order valence-corrected chi connectivity index (χ3v) is 3.55. The van der Waals surface area contributed by atoms with Gasteiger partial charge in [-0.15, -0.1) is 11.6 Å². The largest absolute Gasteiger partial charge is 0.352 e. The molecule has 0 aromatic heterocycles. The molecule has 0 bridgehead atoms. The summed E-state index contributed by atoms with van der Waals surface area (Å²) in [5.74, 6) is -1.59. The van der Waals surface area contributed by atoms with Gasteiger partial charge in [0.1, 0.15) is 11.6 Å². The van der Waals surface area contributed by atoms with E-state index >= 15 is 0 Å². The highest BCUT2D eigenvalue weighted by Gasteiger charge is 2.23. The van der Waals surface area contributed by atoms with Crippen molar-refractivity contribution in [3.8, 4) is 0 Å². The van der Waals surface area contributed by atoms with Crippen molar-refractivity contribution in [2.75, 3.05) is 6.54 Å². The molecule has 1 aliphatic rings. The van der Waals surface area contributed by atoms with E-state index in [2.05, 4.69) is 5.32 Å². The van der Waals surface area contributed by atoms with Gasteiger partial charge in [0.25, 0.3) is 5.91 Å². The van der Waals surface area contributed by atoms with Crippen molar-refractivity contribution >= 4 is 17.5 Å². The number of carbonyl (C=O) groups is 1. The summed E-state index contributed by atoms with van der Waals surface area (Å²) in [6, 6.07) is 2.79. The SMILES string of the molecule is O=C(NCC1CCC(Cl)C1)c1cc(F)cc(F)c1. The van der Waals surface area contributed by atoms with Gasteiger partial charge in [-0.2, -0.15) is 0 Å². The van der Waals surface area contributed by atoms with Crippen LogP contribution in [-0.4, -0.2) is 17.8 Å². The summed E-state index contributed by atoms with van der Waals surface area (Å²) in [6.45, 7) is 0.500. The molecule has 18 heavy (non-hydrogen) atoms. The van der Waals surface area contributed by atoms with Crippen LogP contribution >= 0.6 is 11.6 Å². The van der Waals surface area contributed by atoms with Crippen LogP contribution in [-0.2, 0) is 0 Å². The fourth-order valence-corrected chi connectivity index (χ4v) is 2.60. The second-order valence-electron chi connectivity index (χ2n) is 4.64. The maximum atomic E-state index is 12.9. The smallest absolute Gasteiger partial charge is 0.251 e. The van der Waals surface area contributed by atoms with Gasteiger partial charge in [-0.05, 0) is 37.3 Å². The first-order valence-electron chi connectivity index (χ1n) is 5.93. The molecule has 2 unspecified atom stereocenters. The van der Waals surface area contributed by atoms with Crippen LogP contribution in [0.1, 0.15) is 29.6 Å². The molecule has 1 aliphatic carbocycles. The zero-order valence-electron chi connectivity index (χ0n) is 9.76. The number of benzene rings is 1. The summed E-state index contributed by atoms with van der Waals surface area (Å²) in [4.78, 5) is 11.7. The number of rotatable bonds is 3. The lowest BCUT2D eigenvalue weighted by Crippen LogP contribution is -2.28. The fraction of sp³-hybridized carbons (Fsp3) is 0.462. The van der Waals surface area contributed by atoms with E-state index in [0.29, 0.717) is 12.5 Å². The Balaban J connectivity index is 1.91. The number of amides is 1. The van der Waals surface area contributed by atoms with E-state index in [1.54, 1.807) is 0 Å². The molecule has 98 valence electrons. The van der Waals surface area contributed by atoms with Gasteiger partial charge in [0.15, 0.2) is 0 Å². The molecule has 1 amide bonds. The number of halogens is 3. The highest BCUT2D eigenvalue weighted by atomic mass is 35.5. The monoisotopic (exact) mass is 273 g/mol. The Morgan fingerprint density at radius 3 is 2.50 bits per heavy atom. The first kappa shape index (κ1) is 13.3. The molecule has 0 heterocycles. The maximum Gasteiger partial charge on any atom is 0.251 e. The van der Waals surface area contributed by atoms with Crippen molar-refractivity contribution in [1.82, 2.24) is 5.32 Å². The molecule has 1 aromatic rings. The van der Waals surface area contributed by atoms with Crippen molar-refractivity contribution < 1.29 is 13.6 Å². The van der Waals surface area contributed by atoms with Crippen molar-refractivity contribution in [2.45, 2.75) is 24.6 Å². The van der Waals surface area contributed by atoms with Gasteiger partial charge in [-0.3, -0.25) is 4.79 Å². The van der Waals surface area contributed by atoms with Crippen LogP contribution in [0.25, 0.3) is 0 Å². The van der Waals surface area contributed by atoms with Crippen LogP contribution in [0.15, 0.2) is 18.2 Å². The Hall–Kier alpha value is -1.16. The minimum Gasteiger partial charge on any atom is -0.352 e. The predicted octanol–water partition coefficient (Wildman–Crippen LogP) is 3.10. The third-order valence-electron chi connectivity index (χ3n) is 3.15. The van der Waals surface area contributed by atoms with Crippen molar-refractivity contribution in [1.29, 1.82) is 0 Å². The molecule has 1 saturated carbocycles. The van der Waals surface area contributed by atoms with Crippen LogP contribution in [0.2, 0.25) is 0 Å². The van der Waals surface area contributed by atoms with Gasteiger partial charge < -0.3 is 5.32 Å². The lowest BCUT2D eigenvalue weighted by Gasteiger charge is -2.11. The molecule has 5 heteroatoms. The van der Waals surface area contributed by atoms with Crippen LogP contribution in [0.3, 0.4) is 0 Å². The third kappa shape index (κ3) is 3.42. The van der Waals surface area contributed by atoms with E-state index in [4.69, 9.17) is 11.6 Å². The summed E-state index contributed by atoms with van der Waals surface area (Å²) in [5, 5.41) is 2.86. The molecular weight excluding hydrogens is 260 g/mol.